The van der Waals surface area contributed by atoms with Gasteiger partial charge in [-0.25, -0.2) is 5.43 Å². The molecule has 2 rings (SSSR count). The van der Waals surface area contributed by atoms with Gasteiger partial charge in [0.15, 0.2) is 0 Å². The third kappa shape index (κ3) is 3.03. The van der Waals surface area contributed by atoms with E-state index in [1.165, 1.54) is 0 Å². The van der Waals surface area contributed by atoms with Crippen LogP contribution in [0.5, 0.6) is 0 Å². The molecular formula is C11H17N3O3. The zero-order valence-electron chi connectivity index (χ0n) is 9.86. The van der Waals surface area contributed by atoms with Crippen LogP contribution in [0.3, 0.4) is 0 Å². The van der Waals surface area contributed by atoms with E-state index in [9.17, 15) is 9.59 Å². The van der Waals surface area contributed by atoms with Gasteiger partial charge in [-0.3, -0.25) is 9.59 Å². The maximum Gasteiger partial charge on any atom is 0.267 e. The molecule has 0 aromatic carbocycles. The molecule has 6 nitrogen and oxygen atoms in total. The number of nitrogens with zero attached hydrogens (tertiary/aromatic N) is 1. The Labute approximate surface area is 99.8 Å². The molecule has 0 bridgehead atoms. The molecular weight excluding hydrogens is 222 g/mol. The zero-order chi connectivity index (χ0) is 12.3. The van der Waals surface area contributed by atoms with Crippen LogP contribution in [-0.4, -0.2) is 36.8 Å². The summed E-state index contributed by atoms with van der Waals surface area (Å²) in [5.74, 6) is -0.311. The molecule has 2 unspecified atom stereocenters. The van der Waals surface area contributed by atoms with Crippen LogP contribution in [0.4, 0.5) is 0 Å². The highest BCUT2D eigenvalue weighted by molar-refractivity contribution is 6.39. The molecule has 0 spiro atoms. The number of rotatable bonds is 3. The van der Waals surface area contributed by atoms with E-state index in [-0.39, 0.29) is 24.0 Å². The van der Waals surface area contributed by atoms with E-state index < -0.39 is 0 Å². The number of carbonyl (C=O) groups excluding carboxylic acids is 2. The minimum atomic E-state index is -0.174. The molecule has 94 valence electrons. The number of carbonyl (C=O) groups is 2. The van der Waals surface area contributed by atoms with Crippen LogP contribution in [0, 0.1) is 0 Å². The summed E-state index contributed by atoms with van der Waals surface area (Å²) >= 11 is 0. The summed E-state index contributed by atoms with van der Waals surface area (Å²) in [6.07, 6.45) is 3.75. The molecule has 1 aliphatic heterocycles. The number of nitrogens with one attached hydrogen (secondary N) is 2. The first-order valence-corrected chi connectivity index (χ1v) is 5.88. The average Bonchev–Trinajstić information content (AvgIpc) is 2.77. The molecule has 2 aliphatic rings. The second-order valence-corrected chi connectivity index (χ2v) is 4.43. The summed E-state index contributed by atoms with van der Waals surface area (Å²) < 4.78 is 5.24. The minimum absolute atomic E-state index is 0.137. The van der Waals surface area contributed by atoms with Crippen molar-refractivity contribution in [2.75, 3.05) is 7.11 Å². The summed E-state index contributed by atoms with van der Waals surface area (Å²) in [5, 5.41) is 6.69. The standard InChI is InChI=1S/C11H17N3O3/c1-17-8-3-2-7(6-8)12-11(16)9-4-5-10(15)14-13-9/h7-8H,2-6H2,1H3,(H,12,16)(H,14,15). The smallest absolute Gasteiger partial charge is 0.267 e. The highest BCUT2D eigenvalue weighted by Crippen LogP contribution is 2.21. The molecule has 0 aromatic rings. The van der Waals surface area contributed by atoms with E-state index in [0.29, 0.717) is 18.6 Å². The normalized spacial score (nSPS) is 28.5. The van der Waals surface area contributed by atoms with E-state index in [2.05, 4.69) is 15.8 Å². The third-order valence-corrected chi connectivity index (χ3v) is 3.22. The van der Waals surface area contributed by atoms with Crippen molar-refractivity contribution in [1.82, 2.24) is 10.7 Å². The van der Waals surface area contributed by atoms with Crippen molar-refractivity contribution in [3.05, 3.63) is 0 Å². The molecule has 1 aliphatic carbocycles. The Morgan fingerprint density at radius 2 is 2.29 bits per heavy atom. The van der Waals surface area contributed by atoms with Crippen LogP contribution in [0.2, 0.25) is 0 Å². The molecule has 1 heterocycles. The van der Waals surface area contributed by atoms with Crippen LogP contribution >= 0.6 is 0 Å². The molecule has 1 saturated carbocycles. The summed E-state index contributed by atoms with van der Waals surface area (Å²) in [7, 11) is 1.69. The second-order valence-electron chi connectivity index (χ2n) is 4.43. The van der Waals surface area contributed by atoms with E-state index in [1.54, 1.807) is 7.11 Å². The van der Waals surface area contributed by atoms with E-state index in [1.807, 2.05) is 0 Å². The zero-order valence-corrected chi connectivity index (χ0v) is 9.86. The molecule has 2 atom stereocenters. The Bertz CT molecular complexity index is 354. The average molecular weight is 239 g/mol. The van der Waals surface area contributed by atoms with Crippen molar-refractivity contribution in [2.24, 2.45) is 5.10 Å². The number of hydrogen-bond acceptors (Lipinski definition) is 4. The Morgan fingerprint density at radius 3 is 2.88 bits per heavy atom. The van der Waals surface area contributed by atoms with Gasteiger partial charge in [-0.1, -0.05) is 0 Å². The van der Waals surface area contributed by atoms with E-state index >= 15 is 0 Å². The Kier molecular flexibility index (Phi) is 3.73. The maximum atomic E-state index is 11.8. The van der Waals surface area contributed by atoms with Crippen molar-refractivity contribution >= 4 is 17.5 Å². The van der Waals surface area contributed by atoms with Crippen molar-refractivity contribution in [3.8, 4) is 0 Å². The third-order valence-electron chi connectivity index (χ3n) is 3.22. The van der Waals surface area contributed by atoms with Crippen LogP contribution in [0.15, 0.2) is 5.10 Å². The lowest BCUT2D eigenvalue weighted by Crippen LogP contribution is -2.41. The molecule has 0 aromatic heterocycles. The first-order chi connectivity index (χ1) is 8.19. The number of amides is 2. The highest BCUT2D eigenvalue weighted by Gasteiger charge is 2.27. The Balaban J connectivity index is 1.83. The number of hydrazone groups is 1. The van der Waals surface area contributed by atoms with Gasteiger partial charge in [0, 0.05) is 26.0 Å². The van der Waals surface area contributed by atoms with Crippen LogP contribution < -0.4 is 10.7 Å². The lowest BCUT2D eigenvalue weighted by atomic mass is 10.1. The molecule has 2 N–H and O–H groups in total. The quantitative estimate of drug-likeness (QED) is 0.724. The molecule has 1 fully saturated rings. The fourth-order valence-corrected chi connectivity index (χ4v) is 2.19. The van der Waals surface area contributed by atoms with Gasteiger partial charge in [-0.2, -0.15) is 5.10 Å². The predicted octanol–water partition coefficient (Wildman–Crippen LogP) is -0.0639. The van der Waals surface area contributed by atoms with Crippen LogP contribution in [0.1, 0.15) is 32.1 Å². The van der Waals surface area contributed by atoms with Crippen LogP contribution in [-0.2, 0) is 14.3 Å². The lowest BCUT2D eigenvalue weighted by Gasteiger charge is -2.16. The van der Waals surface area contributed by atoms with Gasteiger partial charge in [0.2, 0.25) is 5.91 Å². The number of hydrogen-bond donors (Lipinski definition) is 2. The summed E-state index contributed by atoms with van der Waals surface area (Å²) in [5.41, 5.74) is 2.73. The van der Waals surface area contributed by atoms with Crippen molar-refractivity contribution in [1.29, 1.82) is 0 Å². The number of methoxy groups -OCH3 is 1. The van der Waals surface area contributed by atoms with Gasteiger partial charge in [0.25, 0.3) is 5.91 Å². The molecule has 0 saturated heterocycles. The second kappa shape index (κ2) is 5.27. The minimum Gasteiger partial charge on any atom is -0.381 e. The summed E-state index contributed by atoms with van der Waals surface area (Å²) in [6, 6.07) is 0.160. The Morgan fingerprint density at radius 1 is 1.47 bits per heavy atom. The fourth-order valence-electron chi connectivity index (χ4n) is 2.19. The Hall–Kier alpha value is -1.43. The van der Waals surface area contributed by atoms with Gasteiger partial charge in [0.1, 0.15) is 5.71 Å². The summed E-state index contributed by atoms with van der Waals surface area (Å²) in [6.45, 7) is 0. The van der Waals surface area contributed by atoms with E-state index in [0.717, 1.165) is 19.3 Å². The van der Waals surface area contributed by atoms with Gasteiger partial charge in [-0.15, -0.1) is 0 Å². The van der Waals surface area contributed by atoms with Crippen LogP contribution in [0.25, 0.3) is 0 Å². The fraction of sp³-hybridized carbons (Fsp3) is 0.727. The summed E-state index contributed by atoms with van der Waals surface area (Å²) in [4.78, 5) is 22.7. The number of ether oxygens (including phenoxy) is 1. The predicted molar refractivity (Wildman–Crippen MR) is 61.4 cm³/mol. The van der Waals surface area contributed by atoms with Gasteiger partial charge in [0.05, 0.1) is 6.10 Å². The highest BCUT2D eigenvalue weighted by atomic mass is 16.5. The van der Waals surface area contributed by atoms with Gasteiger partial charge in [-0.05, 0) is 19.3 Å². The van der Waals surface area contributed by atoms with Crippen molar-refractivity contribution in [3.63, 3.8) is 0 Å². The molecule has 0 radical (unpaired) electrons. The SMILES string of the molecule is COC1CCC(NC(=O)C2=NNC(=O)CC2)C1. The molecule has 17 heavy (non-hydrogen) atoms. The molecule has 6 heteroatoms. The van der Waals surface area contributed by atoms with Crippen molar-refractivity contribution < 1.29 is 14.3 Å². The van der Waals surface area contributed by atoms with Gasteiger partial charge >= 0.3 is 0 Å². The molecule has 2 amide bonds. The largest absolute Gasteiger partial charge is 0.381 e. The van der Waals surface area contributed by atoms with Gasteiger partial charge < -0.3 is 10.1 Å². The van der Waals surface area contributed by atoms with Crippen molar-refractivity contribution in [2.45, 2.75) is 44.2 Å². The maximum absolute atomic E-state index is 11.8. The first kappa shape index (κ1) is 12.0. The first-order valence-electron chi connectivity index (χ1n) is 5.88. The monoisotopic (exact) mass is 239 g/mol. The lowest BCUT2D eigenvalue weighted by molar-refractivity contribution is -0.121. The van der Waals surface area contributed by atoms with E-state index in [4.69, 9.17) is 4.74 Å². The topological polar surface area (TPSA) is 79.8 Å².